The minimum absolute atomic E-state index is 0.146. The van der Waals surface area contributed by atoms with Crippen LogP contribution in [0.5, 0.6) is 5.75 Å². The SMILES string of the molecule is COc1cc(CO)c([N+](=O)[O-])cc1CC1=COC(C)(C)O1. The maximum absolute atomic E-state index is 11.1. The quantitative estimate of drug-likeness (QED) is 0.662. The summed E-state index contributed by atoms with van der Waals surface area (Å²) in [5.74, 6) is 0.280. The van der Waals surface area contributed by atoms with E-state index in [1.165, 1.54) is 25.5 Å². The second-order valence-corrected chi connectivity index (χ2v) is 5.09. The van der Waals surface area contributed by atoms with Gasteiger partial charge in [-0.25, -0.2) is 0 Å². The summed E-state index contributed by atoms with van der Waals surface area (Å²) in [5.41, 5.74) is 0.652. The molecule has 0 saturated heterocycles. The van der Waals surface area contributed by atoms with Gasteiger partial charge in [-0.3, -0.25) is 10.1 Å². The fourth-order valence-electron chi connectivity index (χ4n) is 2.12. The van der Waals surface area contributed by atoms with Crippen LogP contribution in [0.4, 0.5) is 5.69 Å². The first kappa shape index (κ1) is 15.1. The third kappa shape index (κ3) is 3.25. The molecule has 0 fully saturated rings. The molecule has 7 nitrogen and oxygen atoms in total. The molecule has 0 aliphatic carbocycles. The highest BCUT2D eigenvalue weighted by Gasteiger charge is 2.28. The smallest absolute Gasteiger partial charge is 0.275 e. The normalized spacial score (nSPS) is 15.9. The Hall–Kier alpha value is -2.28. The second kappa shape index (κ2) is 5.61. The third-order valence-corrected chi connectivity index (χ3v) is 3.06. The maximum Gasteiger partial charge on any atom is 0.275 e. The van der Waals surface area contributed by atoms with Crippen molar-refractivity contribution in [2.45, 2.75) is 32.7 Å². The molecular formula is C14H17NO6. The Morgan fingerprint density at radius 3 is 2.57 bits per heavy atom. The summed E-state index contributed by atoms with van der Waals surface area (Å²) in [6.07, 6.45) is 1.80. The molecule has 0 atom stereocenters. The number of benzene rings is 1. The Morgan fingerprint density at radius 1 is 1.38 bits per heavy atom. The van der Waals surface area contributed by atoms with Crippen LogP contribution in [0.2, 0.25) is 0 Å². The lowest BCUT2D eigenvalue weighted by Gasteiger charge is -2.18. The van der Waals surface area contributed by atoms with Crippen LogP contribution in [0.3, 0.4) is 0 Å². The van der Waals surface area contributed by atoms with E-state index in [4.69, 9.17) is 14.2 Å². The van der Waals surface area contributed by atoms with E-state index in [0.717, 1.165) is 0 Å². The van der Waals surface area contributed by atoms with Gasteiger partial charge in [-0.15, -0.1) is 0 Å². The van der Waals surface area contributed by atoms with E-state index in [-0.39, 0.29) is 11.3 Å². The highest BCUT2D eigenvalue weighted by atomic mass is 16.7. The number of methoxy groups -OCH3 is 1. The highest BCUT2D eigenvalue weighted by molar-refractivity contribution is 5.51. The van der Waals surface area contributed by atoms with Gasteiger partial charge < -0.3 is 19.3 Å². The van der Waals surface area contributed by atoms with Crippen LogP contribution in [0.1, 0.15) is 25.0 Å². The molecule has 7 heteroatoms. The number of nitrogens with zero attached hydrogens (tertiary/aromatic N) is 1. The Bertz CT molecular complexity index is 593. The molecular weight excluding hydrogens is 278 g/mol. The van der Waals surface area contributed by atoms with Gasteiger partial charge >= 0.3 is 0 Å². The molecule has 1 aromatic rings. The Morgan fingerprint density at radius 2 is 2.10 bits per heavy atom. The summed E-state index contributed by atoms with van der Waals surface area (Å²) < 4.78 is 16.1. The van der Waals surface area contributed by atoms with Crippen LogP contribution in [0.15, 0.2) is 24.2 Å². The molecule has 21 heavy (non-hydrogen) atoms. The topological polar surface area (TPSA) is 91.1 Å². The van der Waals surface area contributed by atoms with Crippen molar-refractivity contribution in [3.8, 4) is 5.75 Å². The summed E-state index contributed by atoms with van der Waals surface area (Å²) in [4.78, 5) is 10.5. The average molecular weight is 295 g/mol. The molecule has 0 unspecified atom stereocenters. The van der Waals surface area contributed by atoms with Gasteiger partial charge in [-0.2, -0.15) is 0 Å². The van der Waals surface area contributed by atoms with Crippen molar-refractivity contribution >= 4 is 5.69 Å². The van der Waals surface area contributed by atoms with E-state index in [1.54, 1.807) is 13.8 Å². The van der Waals surface area contributed by atoms with Crippen molar-refractivity contribution in [2.24, 2.45) is 0 Å². The molecule has 0 radical (unpaired) electrons. The van der Waals surface area contributed by atoms with Crippen molar-refractivity contribution in [1.82, 2.24) is 0 Å². The summed E-state index contributed by atoms with van der Waals surface area (Å²) in [7, 11) is 1.47. The van der Waals surface area contributed by atoms with E-state index < -0.39 is 17.3 Å². The number of aliphatic hydroxyl groups excluding tert-OH is 1. The van der Waals surface area contributed by atoms with Crippen molar-refractivity contribution in [3.05, 3.63) is 45.4 Å². The molecule has 0 amide bonds. The van der Waals surface area contributed by atoms with Crippen molar-refractivity contribution in [2.75, 3.05) is 7.11 Å². The molecule has 0 saturated carbocycles. The highest BCUT2D eigenvalue weighted by Crippen LogP contribution is 2.33. The number of nitro benzene ring substituents is 1. The van der Waals surface area contributed by atoms with Crippen molar-refractivity contribution in [1.29, 1.82) is 0 Å². The Balaban J connectivity index is 2.34. The van der Waals surface area contributed by atoms with Crippen LogP contribution in [0, 0.1) is 10.1 Å². The first-order valence-corrected chi connectivity index (χ1v) is 6.37. The molecule has 1 heterocycles. The first-order valence-electron chi connectivity index (χ1n) is 6.37. The monoisotopic (exact) mass is 295 g/mol. The van der Waals surface area contributed by atoms with E-state index in [2.05, 4.69) is 0 Å². The third-order valence-electron chi connectivity index (χ3n) is 3.06. The van der Waals surface area contributed by atoms with E-state index in [0.29, 0.717) is 23.5 Å². The summed E-state index contributed by atoms with van der Waals surface area (Å²) in [6.45, 7) is 3.11. The fraction of sp³-hybridized carbons (Fsp3) is 0.429. The van der Waals surface area contributed by atoms with E-state index in [1.807, 2.05) is 0 Å². The maximum atomic E-state index is 11.1. The van der Waals surface area contributed by atoms with Crippen LogP contribution in [-0.2, 0) is 22.5 Å². The molecule has 0 aromatic heterocycles. The number of nitro groups is 1. The van der Waals surface area contributed by atoms with Gasteiger partial charge in [0, 0.05) is 31.9 Å². The zero-order chi connectivity index (χ0) is 15.6. The van der Waals surface area contributed by atoms with Gasteiger partial charge in [0.05, 0.1) is 24.2 Å². The number of hydrogen-bond donors (Lipinski definition) is 1. The molecule has 0 spiro atoms. The largest absolute Gasteiger partial charge is 0.496 e. The van der Waals surface area contributed by atoms with Gasteiger partial charge in [-0.05, 0) is 6.07 Å². The Kier molecular flexibility index (Phi) is 4.04. The molecule has 1 N–H and O–H groups in total. The van der Waals surface area contributed by atoms with Crippen LogP contribution >= 0.6 is 0 Å². The van der Waals surface area contributed by atoms with Crippen molar-refractivity contribution < 1.29 is 24.2 Å². The van der Waals surface area contributed by atoms with Gasteiger partial charge in [0.15, 0.2) is 0 Å². The van der Waals surface area contributed by atoms with Crippen LogP contribution in [-0.4, -0.2) is 22.9 Å². The Labute approximate surface area is 121 Å². The predicted octanol–water partition coefficient (Wildman–Crippen LogP) is 2.26. The van der Waals surface area contributed by atoms with E-state index >= 15 is 0 Å². The lowest BCUT2D eigenvalue weighted by atomic mass is 10.0. The lowest BCUT2D eigenvalue weighted by Crippen LogP contribution is -2.20. The minimum atomic E-state index is -0.737. The standard InChI is InChI=1S/C14H17NO6/c1-14(2)20-8-11(21-14)4-9-5-12(15(17)18)10(7-16)6-13(9)19-3/h5-6,8,16H,4,7H2,1-3H3. The minimum Gasteiger partial charge on any atom is -0.496 e. The lowest BCUT2D eigenvalue weighted by molar-refractivity contribution is -0.385. The van der Waals surface area contributed by atoms with E-state index in [9.17, 15) is 15.2 Å². The number of ether oxygens (including phenoxy) is 3. The van der Waals surface area contributed by atoms with Gasteiger partial charge in [0.1, 0.15) is 17.8 Å². The number of hydrogen-bond acceptors (Lipinski definition) is 6. The fourth-order valence-corrected chi connectivity index (χ4v) is 2.12. The summed E-state index contributed by atoms with van der Waals surface area (Å²) >= 11 is 0. The first-order chi connectivity index (χ1) is 9.86. The molecule has 1 aliphatic rings. The molecule has 1 aliphatic heterocycles. The van der Waals surface area contributed by atoms with Gasteiger partial charge in [-0.1, -0.05) is 0 Å². The zero-order valence-electron chi connectivity index (χ0n) is 12.1. The van der Waals surface area contributed by atoms with Gasteiger partial charge in [0.25, 0.3) is 5.69 Å². The van der Waals surface area contributed by atoms with Crippen molar-refractivity contribution in [3.63, 3.8) is 0 Å². The molecule has 1 aromatic carbocycles. The summed E-state index contributed by atoms with van der Waals surface area (Å²) in [6, 6.07) is 2.86. The molecule has 2 rings (SSSR count). The van der Waals surface area contributed by atoms with Gasteiger partial charge in [0.2, 0.25) is 5.79 Å². The van der Waals surface area contributed by atoms with Crippen LogP contribution in [0.25, 0.3) is 0 Å². The van der Waals surface area contributed by atoms with Crippen LogP contribution < -0.4 is 4.74 Å². The number of aliphatic hydroxyl groups is 1. The number of allylic oxidation sites excluding steroid dienone is 1. The second-order valence-electron chi connectivity index (χ2n) is 5.09. The number of rotatable bonds is 5. The predicted molar refractivity (Wildman–Crippen MR) is 73.6 cm³/mol. The molecule has 114 valence electrons. The molecule has 0 bridgehead atoms. The summed E-state index contributed by atoms with van der Waals surface area (Å²) in [5, 5.41) is 20.3. The average Bonchev–Trinajstić information content (AvgIpc) is 2.77. The zero-order valence-corrected chi connectivity index (χ0v) is 12.1.